The maximum absolute atomic E-state index is 15.0. The molecule has 1 radical (unpaired) electrons. The van der Waals surface area contributed by atoms with Crippen LogP contribution in [0, 0.1) is 40.7 Å². The van der Waals surface area contributed by atoms with E-state index in [2.05, 4.69) is 4.74 Å². The van der Waals surface area contributed by atoms with Crippen LogP contribution in [0.3, 0.4) is 0 Å². The number of aryl methyl sites for hydroxylation is 1. The van der Waals surface area contributed by atoms with Crippen LogP contribution in [-0.2, 0) is 18.1 Å². The molecule has 0 aliphatic heterocycles. The Balaban J connectivity index is 1.96. The van der Waals surface area contributed by atoms with E-state index in [-0.39, 0.29) is 5.56 Å². The van der Waals surface area contributed by atoms with E-state index in [1.54, 1.807) is 12.1 Å². The topological polar surface area (TPSA) is 29.1 Å². The first-order chi connectivity index (χ1) is 15.2. The van der Waals surface area contributed by atoms with Crippen molar-refractivity contribution >= 4 is 0 Å². The van der Waals surface area contributed by atoms with Crippen molar-refractivity contribution in [3.8, 4) is 22.6 Å². The van der Waals surface area contributed by atoms with Gasteiger partial charge >= 0.3 is 0 Å². The van der Waals surface area contributed by atoms with Gasteiger partial charge in [-0.05, 0) is 24.0 Å². The zero-order valence-electron chi connectivity index (χ0n) is 16.7. The number of ether oxygens (including phenoxy) is 1. The monoisotopic (exact) mass is 457 g/mol. The molecule has 3 aromatic rings. The Morgan fingerprint density at radius 1 is 0.781 bits per heavy atom. The molecule has 0 atom stereocenters. The van der Waals surface area contributed by atoms with Gasteiger partial charge in [0.05, 0.1) is 11.1 Å². The second-order valence-electron chi connectivity index (χ2n) is 7.01. The van der Waals surface area contributed by atoms with E-state index in [1.807, 2.05) is 6.92 Å². The van der Waals surface area contributed by atoms with Gasteiger partial charge in [0, 0.05) is 6.07 Å². The molecule has 0 saturated carbocycles. The third-order valence-corrected chi connectivity index (χ3v) is 4.87. The van der Waals surface area contributed by atoms with Crippen molar-refractivity contribution < 1.29 is 40.6 Å². The van der Waals surface area contributed by atoms with Crippen molar-refractivity contribution in [3.05, 3.63) is 82.2 Å². The maximum atomic E-state index is 15.0. The van der Waals surface area contributed by atoms with Gasteiger partial charge in [0.25, 0.3) is 0 Å². The van der Waals surface area contributed by atoms with Crippen molar-refractivity contribution in [1.82, 2.24) is 0 Å². The Bertz CT molecular complexity index is 1120. The Kier molecular flexibility index (Phi) is 6.96. The Labute approximate surface area is 178 Å². The highest BCUT2D eigenvalue weighted by Gasteiger charge is 2.28. The highest BCUT2D eigenvalue weighted by atomic mass is 19.2. The molecule has 0 bridgehead atoms. The summed E-state index contributed by atoms with van der Waals surface area (Å²) in [4.78, 5) is 0. The van der Waals surface area contributed by atoms with Crippen LogP contribution in [0.5, 0.6) is 11.5 Å². The molecule has 0 aliphatic carbocycles. The SMILES string of the molecule is CCCCc1ccc(-c2c([O])cc(F)c(COc3c(F)c(F)c(F)c(F)c3F)c2F)cc1. The van der Waals surface area contributed by atoms with Gasteiger partial charge in [0.2, 0.25) is 29.1 Å². The van der Waals surface area contributed by atoms with Gasteiger partial charge in [0.1, 0.15) is 18.2 Å². The fourth-order valence-corrected chi connectivity index (χ4v) is 3.11. The summed E-state index contributed by atoms with van der Waals surface area (Å²) in [6, 6.07) is 6.76. The van der Waals surface area contributed by atoms with E-state index in [1.165, 1.54) is 12.1 Å². The third-order valence-electron chi connectivity index (χ3n) is 4.87. The molecule has 9 heteroatoms. The molecule has 0 aliphatic rings. The number of unbranched alkanes of at least 4 members (excludes halogenated alkanes) is 1. The van der Waals surface area contributed by atoms with Crippen molar-refractivity contribution in [2.24, 2.45) is 0 Å². The molecule has 0 spiro atoms. The van der Waals surface area contributed by atoms with Gasteiger partial charge in [-0.2, -0.15) is 8.78 Å². The number of rotatable bonds is 7. The van der Waals surface area contributed by atoms with E-state index >= 15 is 0 Å². The summed E-state index contributed by atoms with van der Waals surface area (Å²) in [7, 11) is 0. The average Bonchev–Trinajstić information content (AvgIpc) is 2.77. The molecule has 0 aromatic heterocycles. The maximum Gasteiger partial charge on any atom is 0.207 e. The number of hydrogen-bond donors (Lipinski definition) is 0. The summed E-state index contributed by atoms with van der Waals surface area (Å²) >= 11 is 0. The normalized spacial score (nSPS) is 11.1. The van der Waals surface area contributed by atoms with Crippen molar-refractivity contribution in [2.75, 3.05) is 0 Å². The molecular weight excluding hydrogens is 441 g/mol. The smallest absolute Gasteiger partial charge is 0.207 e. The lowest BCUT2D eigenvalue weighted by molar-refractivity contribution is 0.245. The summed E-state index contributed by atoms with van der Waals surface area (Å²) in [5, 5.41) is 12.2. The van der Waals surface area contributed by atoms with Crippen molar-refractivity contribution in [2.45, 2.75) is 32.8 Å². The molecule has 2 nitrogen and oxygen atoms in total. The average molecular weight is 457 g/mol. The number of hydrogen-bond acceptors (Lipinski definition) is 1. The van der Waals surface area contributed by atoms with Crippen LogP contribution in [0.4, 0.5) is 30.7 Å². The zero-order chi connectivity index (χ0) is 23.6. The first kappa shape index (κ1) is 23.4. The van der Waals surface area contributed by atoms with Gasteiger partial charge in [-0.25, -0.2) is 22.0 Å². The summed E-state index contributed by atoms with van der Waals surface area (Å²) in [6.07, 6.45) is 2.66. The Hall–Kier alpha value is -3.23. The minimum Gasteiger partial charge on any atom is -0.482 e. The minimum atomic E-state index is -2.40. The third kappa shape index (κ3) is 4.37. The van der Waals surface area contributed by atoms with Gasteiger partial charge < -0.3 is 4.74 Å². The quantitative estimate of drug-likeness (QED) is 0.207. The Morgan fingerprint density at radius 2 is 1.34 bits per heavy atom. The van der Waals surface area contributed by atoms with Crippen LogP contribution in [-0.4, -0.2) is 0 Å². The minimum absolute atomic E-state index is 0.130. The van der Waals surface area contributed by atoms with Gasteiger partial charge in [-0.3, -0.25) is 5.11 Å². The van der Waals surface area contributed by atoms with Crippen LogP contribution in [0.25, 0.3) is 11.1 Å². The first-order valence-electron chi connectivity index (χ1n) is 9.58. The van der Waals surface area contributed by atoms with E-state index in [4.69, 9.17) is 0 Å². The van der Waals surface area contributed by atoms with E-state index in [9.17, 15) is 35.8 Å². The van der Waals surface area contributed by atoms with E-state index in [0.717, 1.165) is 24.8 Å². The van der Waals surface area contributed by atoms with Gasteiger partial charge in [-0.15, -0.1) is 0 Å². The summed E-state index contributed by atoms with van der Waals surface area (Å²) < 4.78 is 101. The molecule has 32 heavy (non-hydrogen) atoms. The molecular formula is C23H16F7O2. The van der Waals surface area contributed by atoms with Gasteiger partial charge in [0.15, 0.2) is 11.5 Å². The van der Waals surface area contributed by atoms with Crippen LogP contribution >= 0.6 is 0 Å². The lowest BCUT2D eigenvalue weighted by atomic mass is 9.98. The van der Waals surface area contributed by atoms with Crippen LogP contribution in [0.2, 0.25) is 0 Å². The fraction of sp³-hybridized carbons (Fsp3) is 0.217. The fourth-order valence-electron chi connectivity index (χ4n) is 3.11. The molecule has 3 aromatic carbocycles. The van der Waals surface area contributed by atoms with Crippen molar-refractivity contribution in [3.63, 3.8) is 0 Å². The molecule has 0 unspecified atom stereocenters. The summed E-state index contributed by atoms with van der Waals surface area (Å²) in [6.45, 7) is 0.792. The second kappa shape index (κ2) is 9.50. The number of benzene rings is 3. The molecule has 0 N–H and O–H groups in total. The predicted molar refractivity (Wildman–Crippen MR) is 101 cm³/mol. The number of halogens is 7. The van der Waals surface area contributed by atoms with Crippen LogP contribution in [0.1, 0.15) is 30.9 Å². The standard InChI is InChI=1S/C23H16F7O2/c1-2-3-4-11-5-7-12(8-6-11)16-15(31)9-14(24)13(17(16)25)10-32-23-21(29)19(27)18(26)20(28)22(23)30/h5-9H,2-4,10H2,1H3. The molecule has 0 heterocycles. The highest BCUT2D eigenvalue weighted by Crippen LogP contribution is 2.37. The van der Waals surface area contributed by atoms with E-state index in [0.29, 0.717) is 6.07 Å². The van der Waals surface area contributed by atoms with Crippen molar-refractivity contribution in [1.29, 1.82) is 0 Å². The van der Waals surface area contributed by atoms with Crippen LogP contribution in [0.15, 0.2) is 30.3 Å². The largest absolute Gasteiger partial charge is 0.482 e. The highest BCUT2D eigenvalue weighted by molar-refractivity contribution is 5.72. The molecule has 0 amide bonds. The van der Waals surface area contributed by atoms with E-state index < -0.39 is 70.0 Å². The Morgan fingerprint density at radius 3 is 1.91 bits per heavy atom. The lowest BCUT2D eigenvalue weighted by Gasteiger charge is -2.14. The zero-order valence-corrected chi connectivity index (χ0v) is 16.7. The second-order valence-corrected chi connectivity index (χ2v) is 7.01. The molecule has 0 fully saturated rings. The first-order valence-corrected chi connectivity index (χ1v) is 9.58. The van der Waals surface area contributed by atoms with Crippen LogP contribution < -0.4 is 4.74 Å². The van der Waals surface area contributed by atoms with Gasteiger partial charge in [-0.1, -0.05) is 37.6 Å². The summed E-state index contributed by atoms with van der Waals surface area (Å²) in [5.74, 6) is -16.9. The molecule has 169 valence electrons. The lowest BCUT2D eigenvalue weighted by Crippen LogP contribution is -2.09. The predicted octanol–water partition coefficient (Wildman–Crippen LogP) is 7.39. The summed E-state index contributed by atoms with van der Waals surface area (Å²) in [5.41, 5.74) is -0.339. The molecule has 0 saturated heterocycles. The molecule has 3 rings (SSSR count).